The van der Waals surface area contributed by atoms with E-state index < -0.39 is 5.69 Å². The van der Waals surface area contributed by atoms with E-state index in [1.54, 1.807) is 7.05 Å². The second-order valence-corrected chi connectivity index (χ2v) is 8.23. The molecule has 2 N–H and O–H groups in total. The van der Waals surface area contributed by atoms with E-state index in [2.05, 4.69) is 29.2 Å². The summed E-state index contributed by atoms with van der Waals surface area (Å²) in [6.45, 7) is 3.54. The lowest BCUT2D eigenvalue weighted by atomic mass is 10.0. The zero-order valence-corrected chi connectivity index (χ0v) is 17.1. The minimum absolute atomic E-state index is 0.374. The number of aromatic amines is 1. The number of benzene rings is 2. The molecule has 0 bridgehead atoms. The molecule has 1 fully saturated rings. The standard InChI is InChI=1S/C23H25N5O2/c1-26-21-20(22(29)25-23(26)30)28(19(24-21)15-27-12-5-2-6-13-27)14-17-10-7-9-16-8-3-4-11-18(16)17/h3-4,7-11H,2,5-6,12-15H2,1H3,(H,25,29,30)/p+1. The quantitative estimate of drug-likeness (QED) is 0.537. The molecule has 4 aromatic rings. The van der Waals surface area contributed by atoms with Gasteiger partial charge in [0.2, 0.25) is 0 Å². The fraction of sp³-hybridized carbons (Fsp3) is 0.348. The van der Waals surface area contributed by atoms with Crippen LogP contribution >= 0.6 is 0 Å². The SMILES string of the molecule is Cn1c(=O)[nH]c(=O)c2c1nc(C[NH+]1CCCCC1)n2Cc1cccc2ccccc12. The lowest BCUT2D eigenvalue weighted by Crippen LogP contribution is -3.11. The maximum atomic E-state index is 12.8. The van der Waals surface area contributed by atoms with Gasteiger partial charge in [0.05, 0.1) is 19.6 Å². The minimum Gasteiger partial charge on any atom is -0.329 e. The van der Waals surface area contributed by atoms with Crippen LogP contribution in [-0.2, 0) is 20.1 Å². The number of rotatable bonds is 4. The molecule has 5 rings (SSSR count). The van der Waals surface area contributed by atoms with E-state index in [1.807, 2.05) is 22.8 Å². The molecule has 3 heterocycles. The highest BCUT2D eigenvalue weighted by atomic mass is 16.2. The second-order valence-electron chi connectivity index (χ2n) is 8.23. The smallest absolute Gasteiger partial charge is 0.329 e. The van der Waals surface area contributed by atoms with Gasteiger partial charge in [0.1, 0.15) is 6.54 Å². The molecule has 0 atom stereocenters. The van der Waals surface area contributed by atoms with Crippen molar-refractivity contribution in [1.82, 2.24) is 19.1 Å². The Balaban J connectivity index is 1.68. The van der Waals surface area contributed by atoms with Crippen molar-refractivity contribution in [2.24, 2.45) is 7.05 Å². The van der Waals surface area contributed by atoms with Crippen molar-refractivity contribution in [1.29, 1.82) is 0 Å². The molecule has 1 saturated heterocycles. The van der Waals surface area contributed by atoms with Gasteiger partial charge in [-0.05, 0) is 35.6 Å². The van der Waals surface area contributed by atoms with Gasteiger partial charge in [-0.2, -0.15) is 0 Å². The van der Waals surface area contributed by atoms with Crippen molar-refractivity contribution in [2.75, 3.05) is 13.1 Å². The van der Waals surface area contributed by atoms with Crippen LogP contribution in [0.4, 0.5) is 0 Å². The number of imidazole rings is 1. The number of quaternary nitrogens is 1. The zero-order chi connectivity index (χ0) is 20.7. The Morgan fingerprint density at radius 1 is 1.03 bits per heavy atom. The Morgan fingerprint density at radius 3 is 2.63 bits per heavy atom. The molecule has 0 amide bonds. The molecule has 0 unspecified atom stereocenters. The predicted molar refractivity (Wildman–Crippen MR) is 117 cm³/mol. The third-order valence-corrected chi connectivity index (χ3v) is 6.26. The number of nitrogens with one attached hydrogen (secondary N) is 2. The summed E-state index contributed by atoms with van der Waals surface area (Å²) in [4.78, 5) is 33.7. The number of fused-ring (bicyclic) bond motifs is 2. The largest absolute Gasteiger partial charge is 0.329 e. The van der Waals surface area contributed by atoms with E-state index >= 15 is 0 Å². The van der Waals surface area contributed by atoms with E-state index in [0.29, 0.717) is 17.7 Å². The van der Waals surface area contributed by atoms with Crippen LogP contribution in [0.3, 0.4) is 0 Å². The first-order chi connectivity index (χ1) is 14.6. The van der Waals surface area contributed by atoms with Gasteiger partial charge in [-0.15, -0.1) is 0 Å². The molecule has 30 heavy (non-hydrogen) atoms. The summed E-state index contributed by atoms with van der Waals surface area (Å²) in [7, 11) is 1.66. The van der Waals surface area contributed by atoms with Gasteiger partial charge < -0.3 is 9.47 Å². The maximum Gasteiger partial charge on any atom is 0.329 e. The summed E-state index contributed by atoms with van der Waals surface area (Å²) in [6.07, 6.45) is 3.72. The third kappa shape index (κ3) is 3.25. The van der Waals surface area contributed by atoms with Crippen LogP contribution in [0.15, 0.2) is 52.1 Å². The topological polar surface area (TPSA) is 77.1 Å². The Kier molecular flexibility index (Phi) is 4.75. The molecule has 2 aromatic carbocycles. The van der Waals surface area contributed by atoms with Crippen LogP contribution in [-0.4, -0.2) is 32.2 Å². The van der Waals surface area contributed by atoms with E-state index in [1.165, 1.54) is 39.5 Å². The summed E-state index contributed by atoms with van der Waals surface area (Å²) in [5.41, 5.74) is 1.25. The molecule has 0 saturated carbocycles. The lowest BCUT2D eigenvalue weighted by molar-refractivity contribution is -0.919. The predicted octanol–water partition coefficient (Wildman–Crippen LogP) is 1.19. The number of H-pyrrole nitrogens is 1. The van der Waals surface area contributed by atoms with E-state index in [9.17, 15) is 9.59 Å². The second kappa shape index (κ2) is 7.57. The first-order valence-electron chi connectivity index (χ1n) is 10.6. The highest BCUT2D eigenvalue weighted by molar-refractivity contribution is 5.85. The normalized spacial score (nSPS) is 15.2. The number of hydrogen-bond acceptors (Lipinski definition) is 3. The summed E-state index contributed by atoms with van der Waals surface area (Å²) in [5.74, 6) is 0.863. The maximum absolute atomic E-state index is 12.8. The van der Waals surface area contributed by atoms with Crippen molar-refractivity contribution >= 4 is 21.9 Å². The molecular weight excluding hydrogens is 378 g/mol. The van der Waals surface area contributed by atoms with Crippen LogP contribution in [0.2, 0.25) is 0 Å². The molecule has 7 nitrogen and oxygen atoms in total. The molecule has 7 heteroatoms. The summed E-state index contributed by atoms with van der Waals surface area (Å²) >= 11 is 0. The molecule has 1 aliphatic rings. The number of piperidine rings is 1. The van der Waals surface area contributed by atoms with Crippen molar-refractivity contribution in [2.45, 2.75) is 32.4 Å². The van der Waals surface area contributed by atoms with Crippen LogP contribution < -0.4 is 16.1 Å². The Morgan fingerprint density at radius 2 is 1.80 bits per heavy atom. The fourth-order valence-electron chi connectivity index (χ4n) is 4.64. The van der Waals surface area contributed by atoms with Crippen molar-refractivity contribution < 1.29 is 4.90 Å². The van der Waals surface area contributed by atoms with Crippen LogP contribution in [0.25, 0.3) is 21.9 Å². The summed E-state index contributed by atoms with van der Waals surface area (Å²) in [6, 6.07) is 14.5. The lowest BCUT2D eigenvalue weighted by Gasteiger charge is -2.23. The zero-order valence-electron chi connectivity index (χ0n) is 17.1. The Labute approximate surface area is 173 Å². The third-order valence-electron chi connectivity index (χ3n) is 6.26. The van der Waals surface area contributed by atoms with Gasteiger partial charge in [-0.3, -0.25) is 14.3 Å². The van der Waals surface area contributed by atoms with Gasteiger partial charge in [0, 0.05) is 7.05 Å². The van der Waals surface area contributed by atoms with Gasteiger partial charge in [-0.25, -0.2) is 9.78 Å². The van der Waals surface area contributed by atoms with E-state index in [4.69, 9.17) is 4.98 Å². The van der Waals surface area contributed by atoms with Crippen molar-refractivity contribution in [3.8, 4) is 0 Å². The molecule has 154 valence electrons. The van der Waals surface area contributed by atoms with Crippen molar-refractivity contribution in [3.05, 3.63) is 74.7 Å². The van der Waals surface area contributed by atoms with Crippen LogP contribution in [0, 0.1) is 0 Å². The average molecular weight is 404 g/mol. The van der Waals surface area contributed by atoms with Crippen molar-refractivity contribution in [3.63, 3.8) is 0 Å². The number of aromatic nitrogens is 4. The number of nitrogens with zero attached hydrogens (tertiary/aromatic N) is 3. The van der Waals surface area contributed by atoms with Crippen LogP contribution in [0.5, 0.6) is 0 Å². The average Bonchev–Trinajstić information content (AvgIpc) is 3.11. The minimum atomic E-state index is -0.431. The number of aryl methyl sites for hydroxylation is 1. The Bertz CT molecular complexity index is 1340. The highest BCUT2D eigenvalue weighted by Crippen LogP contribution is 2.21. The van der Waals surface area contributed by atoms with Gasteiger partial charge in [-0.1, -0.05) is 42.5 Å². The summed E-state index contributed by atoms with van der Waals surface area (Å²) in [5, 5.41) is 2.34. The molecule has 0 radical (unpaired) electrons. The molecule has 1 aliphatic heterocycles. The number of hydrogen-bond donors (Lipinski definition) is 2. The highest BCUT2D eigenvalue weighted by Gasteiger charge is 2.22. The molecular formula is C23H26N5O2+. The van der Waals surface area contributed by atoms with Crippen LogP contribution in [0.1, 0.15) is 30.7 Å². The Hall–Kier alpha value is -3.19. The fourth-order valence-corrected chi connectivity index (χ4v) is 4.64. The van der Waals surface area contributed by atoms with E-state index in [-0.39, 0.29) is 5.56 Å². The molecule has 0 aliphatic carbocycles. The first kappa shape index (κ1) is 18.8. The molecule has 0 spiro atoms. The van der Waals surface area contributed by atoms with Gasteiger partial charge in [0.15, 0.2) is 17.0 Å². The monoisotopic (exact) mass is 404 g/mol. The van der Waals surface area contributed by atoms with Gasteiger partial charge >= 0.3 is 5.69 Å². The molecule has 2 aromatic heterocycles. The van der Waals surface area contributed by atoms with E-state index in [0.717, 1.165) is 31.0 Å². The van der Waals surface area contributed by atoms with Gasteiger partial charge in [0.25, 0.3) is 5.56 Å². The first-order valence-corrected chi connectivity index (χ1v) is 10.6. The number of likely N-dealkylation sites (tertiary alicyclic amines) is 1. The summed E-state index contributed by atoms with van der Waals surface area (Å²) < 4.78 is 3.45.